The molecule has 28 heavy (non-hydrogen) atoms. The maximum atomic E-state index is 13.0. The number of carbonyl (C=O) groups excluding carboxylic acids is 1. The lowest BCUT2D eigenvalue weighted by molar-refractivity contribution is -0.135. The molecular weight excluding hydrogens is 428 g/mol. The summed E-state index contributed by atoms with van der Waals surface area (Å²) < 4.78 is 0.970. The molecule has 9 heteroatoms. The highest BCUT2D eigenvalue weighted by Gasteiger charge is 2.40. The number of β-amino-alcohol motifs (C(OH)–C–C–N with tert-alkyl or cyclic N) is 1. The van der Waals surface area contributed by atoms with Gasteiger partial charge in [0.25, 0.3) is 0 Å². The number of nitrogens with one attached hydrogen (secondary N) is 2. The van der Waals surface area contributed by atoms with Crippen LogP contribution in [0.3, 0.4) is 0 Å². The number of imidazole rings is 1. The van der Waals surface area contributed by atoms with Gasteiger partial charge in [-0.2, -0.15) is 0 Å². The van der Waals surface area contributed by atoms with Crippen LogP contribution < -0.4 is 5.32 Å². The lowest BCUT2D eigenvalue weighted by atomic mass is 10.0. The van der Waals surface area contributed by atoms with Crippen molar-refractivity contribution in [2.45, 2.75) is 38.5 Å². The molecule has 1 aromatic carbocycles. The molecule has 0 spiro atoms. The summed E-state index contributed by atoms with van der Waals surface area (Å²) >= 11 is 3.40. The minimum Gasteiger partial charge on any atom is -0.465 e. The number of aromatic amines is 1. The predicted molar refractivity (Wildman–Crippen MR) is 107 cm³/mol. The third-order valence-electron chi connectivity index (χ3n) is 4.84. The number of likely N-dealkylation sites (tertiary alicyclic amines) is 1. The normalized spacial score (nSPS) is 20.4. The Hall–Kier alpha value is -2.39. The summed E-state index contributed by atoms with van der Waals surface area (Å²) in [6.07, 6.45) is 0.102. The van der Waals surface area contributed by atoms with Crippen molar-refractivity contribution in [2.24, 2.45) is 5.92 Å². The molecule has 0 unspecified atom stereocenters. The molecule has 1 aliphatic heterocycles. The number of aliphatic hydroxyl groups excluding tert-OH is 1. The standard InChI is InChI=1S/C19H23BrN4O4/c1-10(2)16(23-19(27)28)18(26)24-9-13(25)7-15(24)17-21-8-14(22-17)11-3-5-12(20)6-4-11/h3-6,8,10,13,15-16,23,25H,7,9H2,1-2H3,(H,21,22)(H,27,28)/t13-,15-,16-/m0/s1. The van der Waals surface area contributed by atoms with Gasteiger partial charge in [-0.3, -0.25) is 4.79 Å². The zero-order valence-corrected chi connectivity index (χ0v) is 17.2. The first-order valence-electron chi connectivity index (χ1n) is 9.05. The van der Waals surface area contributed by atoms with E-state index >= 15 is 0 Å². The van der Waals surface area contributed by atoms with Crippen LogP contribution >= 0.6 is 15.9 Å². The summed E-state index contributed by atoms with van der Waals surface area (Å²) in [6.45, 7) is 3.69. The van der Waals surface area contributed by atoms with Crippen molar-refractivity contribution in [1.82, 2.24) is 20.2 Å². The molecule has 1 saturated heterocycles. The Labute approximate surface area is 171 Å². The zero-order valence-electron chi connectivity index (χ0n) is 15.6. The molecule has 1 fully saturated rings. The van der Waals surface area contributed by atoms with E-state index in [1.54, 1.807) is 20.0 Å². The van der Waals surface area contributed by atoms with Gasteiger partial charge in [-0.25, -0.2) is 9.78 Å². The van der Waals surface area contributed by atoms with Gasteiger partial charge < -0.3 is 25.4 Å². The number of hydrogen-bond acceptors (Lipinski definition) is 4. The summed E-state index contributed by atoms with van der Waals surface area (Å²) in [5.41, 5.74) is 1.76. The van der Waals surface area contributed by atoms with Crippen LogP contribution in [0.25, 0.3) is 11.3 Å². The summed E-state index contributed by atoms with van der Waals surface area (Å²) in [5, 5.41) is 21.5. The molecular formula is C19H23BrN4O4. The van der Waals surface area contributed by atoms with Gasteiger partial charge in [-0.05, 0) is 23.6 Å². The van der Waals surface area contributed by atoms with Crippen molar-refractivity contribution in [3.05, 3.63) is 40.8 Å². The number of carbonyl (C=O) groups is 2. The number of hydrogen-bond donors (Lipinski definition) is 4. The SMILES string of the molecule is CC(C)[C@H](NC(=O)O)C(=O)N1C[C@@H](O)C[C@H]1c1ncc(-c2ccc(Br)cc2)[nH]1. The van der Waals surface area contributed by atoms with E-state index in [9.17, 15) is 14.7 Å². The van der Waals surface area contributed by atoms with Crippen LogP contribution in [0.1, 0.15) is 32.1 Å². The molecule has 2 amide bonds. The average Bonchev–Trinajstić information content (AvgIpc) is 3.26. The molecule has 1 aliphatic rings. The van der Waals surface area contributed by atoms with Gasteiger partial charge in [0, 0.05) is 17.4 Å². The van der Waals surface area contributed by atoms with Crippen molar-refractivity contribution >= 4 is 27.9 Å². The smallest absolute Gasteiger partial charge is 0.405 e. The van der Waals surface area contributed by atoms with Crippen LogP contribution in [0.15, 0.2) is 34.9 Å². The van der Waals surface area contributed by atoms with Gasteiger partial charge >= 0.3 is 6.09 Å². The third kappa shape index (κ3) is 4.36. The Bertz CT molecular complexity index is 852. The number of benzene rings is 1. The molecule has 3 atom stereocenters. The number of nitrogens with zero attached hydrogens (tertiary/aromatic N) is 2. The Morgan fingerprint density at radius 2 is 2.00 bits per heavy atom. The quantitative estimate of drug-likeness (QED) is 0.558. The topological polar surface area (TPSA) is 119 Å². The largest absolute Gasteiger partial charge is 0.465 e. The fourth-order valence-corrected chi connectivity index (χ4v) is 3.69. The molecule has 3 rings (SSSR count). The molecule has 8 nitrogen and oxygen atoms in total. The van der Waals surface area contributed by atoms with Crippen LogP contribution in [0.5, 0.6) is 0 Å². The average molecular weight is 451 g/mol. The fourth-order valence-electron chi connectivity index (χ4n) is 3.42. The summed E-state index contributed by atoms with van der Waals surface area (Å²) in [7, 11) is 0. The zero-order chi connectivity index (χ0) is 20.4. The number of aromatic nitrogens is 2. The van der Waals surface area contributed by atoms with Crippen LogP contribution in [0.4, 0.5) is 4.79 Å². The molecule has 0 saturated carbocycles. The van der Waals surface area contributed by atoms with E-state index in [1.807, 2.05) is 24.3 Å². The highest BCUT2D eigenvalue weighted by atomic mass is 79.9. The van der Waals surface area contributed by atoms with Crippen molar-refractivity contribution in [2.75, 3.05) is 6.54 Å². The second-order valence-corrected chi connectivity index (χ2v) is 8.17. The van der Waals surface area contributed by atoms with Crippen molar-refractivity contribution in [1.29, 1.82) is 0 Å². The highest BCUT2D eigenvalue weighted by molar-refractivity contribution is 9.10. The van der Waals surface area contributed by atoms with E-state index in [1.165, 1.54) is 4.90 Å². The monoisotopic (exact) mass is 450 g/mol. The highest BCUT2D eigenvalue weighted by Crippen LogP contribution is 2.33. The van der Waals surface area contributed by atoms with Gasteiger partial charge in [0.05, 0.1) is 24.0 Å². The minimum atomic E-state index is -1.25. The maximum absolute atomic E-state index is 13.0. The molecule has 0 bridgehead atoms. The number of carboxylic acid groups (broad SMARTS) is 1. The van der Waals surface area contributed by atoms with Crippen molar-refractivity contribution < 1.29 is 19.8 Å². The number of aliphatic hydroxyl groups is 1. The molecule has 2 aromatic rings. The summed E-state index contributed by atoms with van der Waals surface area (Å²) in [4.78, 5) is 33.3. The Kier molecular flexibility index (Phi) is 6.04. The Balaban J connectivity index is 1.85. The van der Waals surface area contributed by atoms with Gasteiger partial charge in [0.15, 0.2) is 0 Å². The van der Waals surface area contributed by atoms with E-state index in [-0.39, 0.29) is 18.4 Å². The van der Waals surface area contributed by atoms with Crippen LogP contribution in [-0.4, -0.2) is 55.8 Å². The Morgan fingerprint density at radius 3 is 2.61 bits per heavy atom. The van der Waals surface area contributed by atoms with E-state index < -0.39 is 24.3 Å². The second-order valence-electron chi connectivity index (χ2n) is 7.26. The van der Waals surface area contributed by atoms with E-state index in [4.69, 9.17) is 5.11 Å². The predicted octanol–water partition coefficient (Wildman–Crippen LogP) is 2.77. The second kappa shape index (κ2) is 8.32. The molecule has 2 heterocycles. The molecule has 150 valence electrons. The van der Waals surface area contributed by atoms with E-state index in [0.29, 0.717) is 12.2 Å². The summed E-state index contributed by atoms with van der Waals surface area (Å²) in [6, 6.07) is 6.42. The maximum Gasteiger partial charge on any atom is 0.405 e. The number of rotatable bonds is 5. The van der Waals surface area contributed by atoms with E-state index in [2.05, 4.69) is 31.2 Å². The third-order valence-corrected chi connectivity index (χ3v) is 5.37. The van der Waals surface area contributed by atoms with Gasteiger partial charge in [-0.1, -0.05) is 41.9 Å². The first-order chi connectivity index (χ1) is 13.3. The number of halogens is 1. The number of H-pyrrole nitrogens is 1. The fraction of sp³-hybridized carbons (Fsp3) is 0.421. The molecule has 0 aliphatic carbocycles. The number of amides is 2. The Morgan fingerprint density at radius 1 is 1.32 bits per heavy atom. The lowest BCUT2D eigenvalue weighted by Crippen LogP contribution is -2.51. The van der Waals surface area contributed by atoms with Crippen LogP contribution in [0, 0.1) is 5.92 Å². The first kappa shape index (κ1) is 20.3. The first-order valence-corrected chi connectivity index (χ1v) is 9.84. The van der Waals surface area contributed by atoms with Gasteiger partial charge in [0.1, 0.15) is 11.9 Å². The minimum absolute atomic E-state index is 0.141. The van der Waals surface area contributed by atoms with Crippen molar-refractivity contribution in [3.63, 3.8) is 0 Å². The van der Waals surface area contributed by atoms with Crippen LogP contribution in [0.2, 0.25) is 0 Å². The van der Waals surface area contributed by atoms with E-state index in [0.717, 1.165) is 15.7 Å². The molecule has 0 radical (unpaired) electrons. The van der Waals surface area contributed by atoms with Crippen molar-refractivity contribution in [3.8, 4) is 11.3 Å². The lowest BCUT2D eigenvalue weighted by Gasteiger charge is -2.29. The molecule has 1 aromatic heterocycles. The molecule has 4 N–H and O–H groups in total. The van der Waals surface area contributed by atoms with Crippen LogP contribution in [-0.2, 0) is 4.79 Å². The van der Waals surface area contributed by atoms with Gasteiger partial charge in [0.2, 0.25) is 5.91 Å². The summed E-state index contributed by atoms with van der Waals surface area (Å²) in [5.74, 6) is -0.0156. The van der Waals surface area contributed by atoms with Gasteiger partial charge in [-0.15, -0.1) is 0 Å².